The Morgan fingerprint density at radius 1 is 1.44 bits per heavy atom. The van der Waals surface area contributed by atoms with Gasteiger partial charge in [0, 0.05) is 24.7 Å². The maximum Gasteiger partial charge on any atom is 0.289 e. The van der Waals surface area contributed by atoms with Crippen LogP contribution in [0.15, 0.2) is 28.7 Å². The zero-order valence-corrected chi connectivity index (χ0v) is 9.36. The molecule has 0 saturated heterocycles. The number of hydrogen-bond donors (Lipinski definition) is 1. The second kappa shape index (κ2) is 3.89. The van der Waals surface area contributed by atoms with Crippen molar-refractivity contribution in [3.63, 3.8) is 0 Å². The number of nitrogen functional groups attached to an aromatic ring is 1. The molecule has 0 fully saturated rings. The van der Waals surface area contributed by atoms with Gasteiger partial charge in [-0.1, -0.05) is 0 Å². The van der Waals surface area contributed by atoms with Crippen molar-refractivity contribution in [3.05, 3.63) is 30.0 Å². The van der Waals surface area contributed by atoms with Gasteiger partial charge in [0.25, 0.3) is 5.91 Å². The standard InChI is InChI=1S/C12H14N2O2/c1-3-14(2)12(15)11-7-8-6-9(13)4-5-10(8)16-11/h4-7H,3,13H2,1-2H3. The van der Waals surface area contributed by atoms with Gasteiger partial charge in [-0.2, -0.15) is 0 Å². The Morgan fingerprint density at radius 2 is 2.19 bits per heavy atom. The number of benzene rings is 1. The third-order valence-electron chi connectivity index (χ3n) is 2.57. The van der Waals surface area contributed by atoms with E-state index in [1.165, 1.54) is 0 Å². The minimum atomic E-state index is -0.114. The van der Waals surface area contributed by atoms with E-state index >= 15 is 0 Å². The van der Waals surface area contributed by atoms with E-state index in [4.69, 9.17) is 10.2 Å². The van der Waals surface area contributed by atoms with E-state index in [9.17, 15) is 4.79 Å². The summed E-state index contributed by atoms with van der Waals surface area (Å²) >= 11 is 0. The van der Waals surface area contributed by atoms with Gasteiger partial charge >= 0.3 is 0 Å². The Bertz CT molecular complexity index is 531. The number of nitrogens with two attached hydrogens (primary N) is 1. The first-order chi connectivity index (χ1) is 7.61. The van der Waals surface area contributed by atoms with Crippen molar-refractivity contribution < 1.29 is 9.21 Å². The molecule has 0 radical (unpaired) electrons. The number of fused-ring (bicyclic) bond motifs is 1. The van der Waals surface area contributed by atoms with Crippen LogP contribution >= 0.6 is 0 Å². The molecule has 2 rings (SSSR count). The summed E-state index contributed by atoms with van der Waals surface area (Å²) < 4.78 is 5.46. The quantitative estimate of drug-likeness (QED) is 0.785. The zero-order valence-electron chi connectivity index (χ0n) is 9.36. The summed E-state index contributed by atoms with van der Waals surface area (Å²) in [6.07, 6.45) is 0. The molecule has 2 N–H and O–H groups in total. The average molecular weight is 218 g/mol. The van der Waals surface area contributed by atoms with E-state index in [1.54, 1.807) is 36.2 Å². The monoisotopic (exact) mass is 218 g/mol. The van der Waals surface area contributed by atoms with Crippen LogP contribution in [0.25, 0.3) is 11.0 Å². The molecule has 84 valence electrons. The highest BCUT2D eigenvalue weighted by Gasteiger charge is 2.15. The van der Waals surface area contributed by atoms with Crippen molar-refractivity contribution >= 4 is 22.6 Å². The number of hydrogen-bond acceptors (Lipinski definition) is 3. The van der Waals surface area contributed by atoms with E-state index in [-0.39, 0.29) is 5.91 Å². The lowest BCUT2D eigenvalue weighted by Crippen LogP contribution is -2.25. The summed E-state index contributed by atoms with van der Waals surface area (Å²) in [5.41, 5.74) is 7.00. The maximum atomic E-state index is 11.8. The second-order valence-corrected chi connectivity index (χ2v) is 3.73. The van der Waals surface area contributed by atoms with E-state index < -0.39 is 0 Å². The van der Waals surface area contributed by atoms with Crippen molar-refractivity contribution in [2.75, 3.05) is 19.3 Å². The summed E-state index contributed by atoms with van der Waals surface area (Å²) in [6, 6.07) is 7.04. The van der Waals surface area contributed by atoms with Gasteiger partial charge in [-0.3, -0.25) is 4.79 Å². The molecule has 1 aromatic heterocycles. The Hall–Kier alpha value is -1.97. The van der Waals surface area contributed by atoms with Crippen LogP contribution in [-0.2, 0) is 0 Å². The van der Waals surface area contributed by atoms with Gasteiger partial charge in [0.1, 0.15) is 5.58 Å². The van der Waals surface area contributed by atoms with Crippen LogP contribution in [0.2, 0.25) is 0 Å². The van der Waals surface area contributed by atoms with Crippen LogP contribution in [0.1, 0.15) is 17.5 Å². The predicted octanol–water partition coefficient (Wildman–Crippen LogP) is 2.11. The van der Waals surface area contributed by atoms with Crippen molar-refractivity contribution in [1.29, 1.82) is 0 Å². The summed E-state index contributed by atoms with van der Waals surface area (Å²) in [4.78, 5) is 13.4. The zero-order chi connectivity index (χ0) is 11.7. The molecule has 4 nitrogen and oxygen atoms in total. The molecule has 0 saturated carbocycles. The highest BCUT2D eigenvalue weighted by molar-refractivity contribution is 5.96. The lowest BCUT2D eigenvalue weighted by atomic mass is 10.2. The normalized spacial score (nSPS) is 10.6. The predicted molar refractivity (Wildman–Crippen MR) is 63.3 cm³/mol. The molecule has 0 aliphatic rings. The molecule has 4 heteroatoms. The number of carbonyl (C=O) groups excluding carboxylic acids is 1. The molecule has 0 bridgehead atoms. The molecule has 1 heterocycles. The van der Waals surface area contributed by atoms with Crippen LogP contribution < -0.4 is 5.73 Å². The van der Waals surface area contributed by atoms with Gasteiger partial charge in [-0.05, 0) is 31.2 Å². The van der Waals surface area contributed by atoms with Crippen LogP contribution in [0.5, 0.6) is 0 Å². The van der Waals surface area contributed by atoms with Gasteiger partial charge in [0.15, 0.2) is 5.76 Å². The first-order valence-corrected chi connectivity index (χ1v) is 5.16. The highest BCUT2D eigenvalue weighted by Crippen LogP contribution is 2.22. The van der Waals surface area contributed by atoms with Crippen LogP contribution in [-0.4, -0.2) is 24.4 Å². The largest absolute Gasteiger partial charge is 0.451 e. The first kappa shape index (κ1) is 10.5. The van der Waals surface area contributed by atoms with Gasteiger partial charge in [-0.25, -0.2) is 0 Å². The number of anilines is 1. The molecule has 0 atom stereocenters. The van der Waals surface area contributed by atoms with Gasteiger partial charge in [-0.15, -0.1) is 0 Å². The summed E-state index contributed by atoms with van der Waals surface area (Å²) in [6.45, 7) is 2.57. The fourth-order valence-electron chi connectivity index (χ4n) is 1.50. The molecule has 16 heavy (non-hydrogen) atoms. The topological polar surface area (TPSA) is 59.5 Å². The number of furan rings is 1. The molecule has 2 aromatic rings. The molecule has 1 aromatic carbocycles. The lowest BCUT2D eigenvalue weighted by Gasteiger charge is -2.11. The van der Waals surface area contributed by atoms with Crippen LogP contribution in [0.4, 0.5) is 5.69 Å². The fraction of sp³-hybridized carbons (Fsp3) is 0.250. The maximum absolute atomic E-state index is 11.8. The lowest BCUT2D eigenvalue weighted by molar-refractivity contribution is 0.0773. The van der Waals surface area contributed by atoms with E-state index in [1.807, 2.05) is 6.92 Å². The molecular formula is C12H14N2O2. The van der Waals surface area contributed by atoms with Gasteiger partial charge in [0.2, 0.25) is 0 Å². The van der Waals surface area contributed by atoms with Crippen molar-refractivity contribution in [3.8, 4) is 0 Å². The first-order valence-electron chi connectivity index (χ1n) is 5.16. The minimum absolute atomic E-state index is 0.114. The van der Waals surface area contributed by atoms with E-state index in [2.05, 4.69) is 0 Å². The Kier molecular flexibility index (Phi) is 2.56. The number of amides is 1. The Balaban J connectivity index is 2.43. The highest BCUT2D eigenvalue weighted by atomic mass is 16.3. The van der Waals surface area contributed by atoms with Crippen LogP contribution in [0, 0.1) is 0 Å². The summed E-state index contributed by atoms with van der Waals surface area (Å²) in [5.74, 6) is 0.238. The molecular weight excluding hydrogens is 204 g/mol. The van der Waals surface area contributed by atoms with Gasteiger partial charge in [0.05, 0.1) is 0 Å². The summed E-state index contributed by atoms with van der Waals surface area (Å²) in [7, 11) is 1.74. The molecule has 0 aliphatic carbocycles. The fourth-order valence-corrected chi connectivity index (χ4v) is 1.50. The third kappa shape index (κ3) is 1.74. The number of rotatable bonds is 2. The van der Waals surface area contributed by atoms with Crippen molar-refractivity contribution in [2.45, 2.75) is 6.92 Å². The Labute approximate surface area is 93.6 Å². The molecule has 0 unspecified atom stereocenters. The minimum Gasteiger partial charge on any atom is -0.451 e. The van der Waals surface area contributed by atoms with Crippen molar-refractivity contribution in [1.82, 2.24) is 4.90 Å². The van der Waals surface area contributed by atoms with E-state index in [0.29, 0.717) is 23.6 Å². The third-order valence-corrected chi connectivity index (χ3v) is 2.57. The van der Waals surface area contributed by atoms with Crippen LogP contribution in [0.3, 0.4) is 0 Å². The van der Waals surface area contributed by atoms with Crippen molar-refractivity contribution in [2.24, 2.45) is 0 Å². The van der Waals surface area contributed by atoms with E-state index in [0.717, 1.165) is 5.39 Å². The number of carbonyl (C=O) groups is 1. The summed E-state index contributed by atoms with van der Waals surface area (Å²) in [5, 5.41) is 0.854. The number of nitrogens with zero attached hydrogens (tertiary/aromatic N) is 1. The smallest absolute Gasteiger partial charge is 0.289 e. The SMILES string of the molecule is CCN(C)C(=O)c1cc2cc(N)ccc2o1. The average Bonchev–Trinajstić information content (AvgIpc) is 2.69. The molecule has 0 aliphatic heterocycles. The second-order valence-electron chi connectivity index (χ2n) is 3.73. The molecule has 0 spiro atoms. The van der Waals surface area contributed by atoms with Gasteiger partial charge < -0.3 is 15.1 Å². The Morgan fingerprint density at radius 3 is 2.88 bits per heavy atom. The molecule has 1 amide bonds.